The van der Waals surface area contributed by atoms with Crippen LogP contribution in [0.15, 0.2) is 48.5 Å². The zero-order valence-electron chi connectivity index (χ0n) is 16.3. The van der Waals surface area contributed by atoms with E-state index in [1.165, 1.54) is 9.21 Å². The molecule has 1 aliphatic rings. The minimum atomic E-state index is -3.25. The third-order valence-electron chi connectivity index (χ3n) is 4.49. The fourth-order valence-corrected chi connectivity index (χ4v) is 4.45. The number of anilines is 2. The van der Waals surface area contributed by atoms with Crippen molar-refractivity contribution < 1.29 is 22.7 Å². The number of likely N-dealkylation sites (N-methyl/N-ethyl adjacent to an activating group) is 1. The molecular weight excluding hydrogens is 394 g/mol. The molecule has 0 bridgehead atoms. The van der Waals surface area contributed by atoms with Gasteiger partial charge in [0.15, 0.2) is 6.61 Å². The van der Waals surface area contributed by atoms with Crippen LogP contribution in [0, 0.1) is 0 Å². The zero-order chi connectivity index (χ0) is 21.0. The molecule has 1 heterocycles. The molecule has 3 rings (SSSR count). The molecule has 1 aliphatic heterocycles. The summed E-state index contributed by atoms with van der Waals surface area (Å²) in [6, 6.07) is 13.3. The van der Waals surface area contributed by atoms with E-state index in [0.717, 1.165) is 0 Å². The van der Waals surface area contributed by atoms with Crippen molar-refractivity contribution in [2.24, 2.45) is 0 Å². The lowest BCUT2D eigenvalue weighted by Crippen LogP contribution is -2.28. The molecule has 1 fully saturated rings. The van der Waals surface area contributed by atoms with Crippen LogP contribution in [-0.2, 0) is 14.8 Å². The second-order valence-corrected chi connectivity index (χ2v) is 8.83. The topological polar surface area (TPSA) is 96.0 Å². The van der Waals surface area contributed by atoms with Gasteiger partial charge in [0.05, 0.1) is 17.0 Å². The van der Waals surface area contributed by atoms with E-state index < -0.39 is 10.0 Å². The molecule has 0 saturated carbocycles. The number of nitrogens with one attached hydrogen (secondary N) is 1. The molecule has 8 nitrogen and oxygen atoms in total. The Morgan fingerprint density at radius 2 is 1.79 bits per heavy atom. The first kappa shape index (κ1) is 20.7. The van der Waals surface area contributed by atoms with E-state index in [1.807, 2.05) is 0 Å². The number of rotatable bonds is 6. The minimum Gasteiger partial charge on any atom is -0.483 e. The van der Waals surface area contributed by atoms with Gasteiger partial charge in [0, 0.05) is 26.3 Å². The quantitative estimate of drug-likeness (QED) is 0.775. The Labute approximate surface area is 170 Å². The van der Waals surface area contributed by atoms with Gasteiger partial charge in [0.2, 0.25) is 10.0 Å². The second-order valence-electron chi connectivity index (χ2n) is 6.82. The predicted octanol–water partition coefficient (Wildman–Crippen LogP) is 1.95. The van der Waals surface area contributed by atoms with Crippen LogP contribution in [0.4, 0.5) is 11.4 Å². The highest BCUT2D eigenvalue weighted by atomic mass is 32.2. The molecule has 1 saturated heterocycles. The average Bonchev–Trinajstić information content (AvgIpc) is 3.05. The number of amides is 2. The summed E-state index contributed by atoms with van der Waals surface area (Å²) in [6.45, 7) is 0.292. The van der Waals surface area contributed by atoms with Gasteiger partial charge in [-0.1, -0.05) is 12.1 Å². The van der Waals surface area contributed by atoms with Crippen LogP contribution in [-0.4, -0.2) is 58.1 Å². The Morgan fingerprint density at radius 3 is 2.41 bits per heavy atom. The fourth-order valence-electron chi connectivity index (χ4n) is 2.89. The summed E-state index contributed by atoms with van der Waals surface area (Å²) in [5.41, 5.74) is 1.39. The van der Waals surface area contributed by atoms with Crippen molar-refractivity contribution in [2.45, 2.75) is 6.42 Å². The van der Waals surface area contributed by atoms with Crippen molar-refractivity contribution in [3.63, 3.8) is 0 Å². The van der Waals surface area contributed by atoms with Gasteiger partial charge in [-0.2, -0.15) is 0 Å². The summed E-state index contributed by atoms with van der Waals surface area (Å²) in [4.78, 5) is 25.8. The van der Waals surface area contributed by atoms with Gasteiger partial charge in [-0.25, -0.2) is 8.42 Å². The van der Waals surface area contributed by atoms with Gasteiger partial charge in [0.1, 0.15) is 5.75 Å². The SMILES string of the molecule is CN(C)C(=O)COc1ccccc1C(=O)Nc1ccc(N2CCCS2(=O)=O)cc1. The molecule has 9 heteroatoms. The molecule has 0 spiro atoms. The third-order valence-corrected chi connectivity index (χ3v) is 6.36. The summed E-state index contributed by atoms with van der Waals surface area (Å²) in [6.07, 6.45) is 0.605. The van der Waals surface area contributed by atoms with E-state index in [4.69, 9.17) is 4.74 Å². The van der Waals surface area contributed by atoms with Crippen LogP contribution in [0.1, 0.15) is 16.8 Å². The van der Waals surface area contributed by atoms with Gasteiger partial charge in [-0.3, -0.25) is 13.9 Å². The Hall–Kier alpha value is -3.07. The summed E-state index contributed by atoms with van der Waals surface area (Å²) in [7, 11) is 0.00695. The maximum absolute atomic E-state index is 12.7. The molecule has 1 N–H and O–H groups in total. The number of benzene rings is 2. The predicted molar refractivity (Wildman–Crippen MR) is 111 cm³/mol. The summed E-state index contributed by atoms with van der Waals surface area (Å²) < 4.78 is 30.9. The van der Waals surface area contributed by atoms with E-state index in [2.05, 4.69) is 5.32 Å². The molecule has 29 heavy (non-hydrogen) atoms. The lowest BCUT2D eigenvalue weighted by Gasteiger charge is -2.17. The number of sulfonamides is 1. The summed E-state index contributed by atoms with van der Waals surface area (Å²) >= 11 is 0. The molecule has 0 atom stereocenters. The van der Waals surface area contributed by atoms with Gasteiger partial charge in [-0.15, -0.1) is 0 Å². The molecule has 0 aromatic heterocycles. The number of carbonyl (C=O) groups excluding carboxylic acids is 2. The minimum absolute atomic E-state index is 0.151. The highest BCUT2D eigenvalue weighted by molar-refractivity contribution is 7.93. The summed E-state index contributed by atoms with van der Waals surface area (Å²) in [5.74, 6) is -0.148. The highest BCUT2D eigenvalue weighted by Crippen LogP contribution is 2.26. The van der Waals surface area contributed by atoms with Crippen molar-refractivity contribution >= 4 is 33.2 Å². The molecule has 2 aromatic rings. The van der Waals surface area contributed by atoms with Gasteiger partial charge < -0.3 is 15.0 Å². The largest absolute Gasteiger partial charge is 0.483 e. The molecule has 0 unspecified atom stereocenters. The van der Waals surface area contributed by atoms with E-state index in [9.17, 15) is 18.0 Å². The van der Waals surface area contributed by atoms with E-state index >= 15 is 0 Å². The Balaban J connectivity index is 1.70. The van der Waals surface area contributed by atoms with Crippen molar-refractivity contribution in [3.8, 4) is 5.75 Å². The molecule has 154 valence electrons. The average molecular weight is 417 g/mol. The lowest BCUT2D eigenvalue weighted by molar-refractivity contribution is -0.130. The molecular formula is C20H23N3O5S. The first-order chi connectivity index (χ1) is 13.8. The Kier molecular flexibility index (Phi) is 6.07. The van der Waals surface area contributed by atoms with Crippen LogP contribution in [0.2, 0.25) is 0 Å². The normalized spacial score (nSPS) is 15.0. The molecule has 2 amide bonds. The standard InChI is InChI=1S/C20H23N3O5S/c1-22(2)19(24)14-28-18-7-4-3-6-17(18)20(25)21-15-8-10-16(11-9-15)23-12-5-13-29(23,26)27/h3-4,6-11H,5,12-14H2,1-2H3,(H,21,25). The van der Waals surface area contributed by atoms with Gasteiger partial charge in [0.25, 0.3) is 11.8 Å². The monoisotopic (exact) mass is 417 g/mol. The number of para-hydroxylation sites is 1. The van der Waals surface area contributed by atoms with Crippen molar-refractivity contribution in [2.75, 3.05) is 42.6 Å². The van der Waals surface area contributed by atoms with Crippen LogP contribution < -0.4 is 14.4 Å². The lowest BCUT2D eigenvalue weighted by atomic mass is 10.1. The second kappa shape index (κ2) is 8.52. The maximum atomic E-state index is 12.7. The van der Waals surface area contributed by atoms with E-state index in [1.54, 1.807) is 62.6 Å². The van der Waals surface area contributed by atoms with Crippen LogP contribution in [0.3, 0.4) is 0 Å². The van der Waals surface area contributed by atoms with E-state index in [-0.39, 0.29) is 24.2 Å². The molecule has 0 aliphatic carbocycles. The fraction of sp³-hybridized carbons (Fsp3) is 0.300. The molecule has 2 aromatic carbocycles. The van der Waals surface area contributed by atoms with Crippen LogP contribution >= 0.6 is 0 Å². The number of carbonyl (C=O) groups is 2. The van der Waals surface area contributed by atoms with Crippen molar-refractivity contribution in [1.82, 2.24) is 4.90 Å². The summed E-state index contributed by atoms with van der Waals surface area (Å²) in [5, 5.41) is 2.77. The number of ether oxygens (including phenoxy) is 1. The number of hydrogen-bond acceptors (Lipinski definition) is 5. The van der Waals surface area contributed by atoms with Gasteiger partial charge >= 0.3 is 0 Å². The smallest absolute Gasteiger partial charge is 0.259 e. The maximum Gasteiger partial charge on any atom is 0.259 e. The molecule has 0 radical (unpaired) electrons. The third kappa shape index (κ3) is 4.86. The Bertz CT molecular complexity index is 1000. The first-order valence-electron chi connectivity index (χ1n) is 9.12. The number of hydrogen-bond donors (Lipinski definition) is 1. The van der Waals surface area contributed by atoms with Crippen molar-refractivity contribution in [1.29, 1.82) is 0 Å². The van der Waals surface area contributed by atoms with Crippen LogP contribution in [0.25, 0.3) is 0 Å². The van der Waals surface area contributed by atoms with Gasteiger partial charge in [-0.05, 0) is 42.8 Å². The van der Waals surface area contributed by atoms with Crippen molar-refractivity contribution in [3.05, 3.63) is 54.1 Å². The zero-order valence-corrected chi connectivity index (χ0v) is 17.1. The van der Waals surface area contributed by atoms with E-state index in [0.29, 0.717) is 35.7 Å². The number of nitrogens with zero attached hydrogens (tertiary/aromatic N) is 2. The highest BCUT2D eigenvalue weighted by Gasteiger charge is 2.28. The first-order valence-corrected chi connectivity index (χ1v) is 10.7. The van der Waals surface area contributed by atoms with Crippen LogP contribution in [0.5, 0.6) is 5.75 Å². The Morgan fingerprint density at radius 1 is 1.10 bits per heavy atom.